The van der Waals surface area contributed by atoms with Gasteiger partial charge in [-0.15, -0.1) is 10.2 Å². The number of aromatic amines is 1. The highest BCUT2D eigenvalue weighted by atomic mass is 16.6. The normalized spacial score (nSPS) is 17.2. The number of aromatic nitrogens is 2. The third-order valence-electron chi connectivity index (χ3n) is 6.45. The molecule has 0 saturated heterocycles. The lowest BCUT2D eigenvalue weighted by molar-refractivity contribution is -0.140. The number of azo groups is 1. The summed E-state index contributed by atoms with van der Waals surface area (Å²) in [6.07, 6.45) is 5.92. The molecule has 0 fully saturated rings. The van der Waals surface area contributed by atoms with Crippen molar-refractivity contribution in [1.29, 1.82) is 0 Å². The van der Waals surface area contributed by atoms with E-state index >= 15 is 0 Å². The Kier molecular flexibility index (Phi) is 5.98. The molecule has 2 N–H and O–H groups in total. The van der Waals surface area contributed by atoms with Crippen LogP contribution in [0, 0.1) is 6.92 Å². The van der Waals surface area contributed by atoms with Crippen LogP contribution in [0.5, 0.6) is 5.75 Å². The van der Waals surface area contributed by atoms with Gasteiger partial charge < -0.3 is 14.6 Å². The minimum Gasteiger partial charge on any atom is -0.505 e. The summed E-state index contributed by atoms with van der Waals surface area (Å²) in [7, 11) is 1.28. The molecule has 0 amide bonds. The summed E-state index contributed by atoms with van der Waals surface area (Å²) in [6.45, 7) is 1.76. The largest absolute Gasteiger partial charge is 0.505 e. The van der Waals surface area contributed by atoms with Crippen molar-refractivity contribution in [1.82, 2.24) is 9.78 Å². The van der Waals surface area contributed by atoms with Crippen molar-refractivity contribution >= 4 is 17.3 Å². The van der Waals surface area contributed by atoms with Gasteiger partial charge in [0.05, 0.1) is 18.5 Å². The minimum atomic E-state index is -0.569. The van der Waals surface area contributed by atoms with Crippen molar-refractivity contribution in [2.24, 2.45) is 10.2 Å². The number of methoxy groups -OCH3 is 1. The second-order valence-corrected chi connectivity index (χ2v) is 8.70. The van der Waals surface area contributed by atoms with Gasteiger partial charge in [0.1, 0.15) is 17.5 Å². The Hall–Kier alpha value is -4.14. The Bertz CT molecular complexity index is 1420. The number of hydrogen-bond acceptors (Lipinski definition) is 7. The number of esters is 1. The number of aromatic hydroxyl groups is 1. The maximum absolute atomic E-state index is 13.1. The van der Waals surface area contributed by atoms with Gasteiger partial charge in [0, 0.05) is 12.0 Å². The van der Waals surface area contributed by atoms with Crippen LogP contribution < -0.4 is 5.56 Å². The number of nitrogens with one attached hydrogen (secondary N) is 1. The molecule has 2 heterocycles. The van der Waals surface area contributed by atoms with Gasteiger partial charge in [-0.05, 0) is 68.0 Å². The van der Waals surface area contributed by atoms with Crippen molar-refractivity contribution < 1.29 is 19.4 Å². The third-order valence-corrected chi connectivity index (χ3v) is 6.45. The van der Waals surface area contributed by atoms with Crippen LogP contribution in [0.3, 0.4) is 0 Å². The van der Waals surface area contributed by atoms with Crippen molar-refractivity contribution in [3.05, 3.63) is 81.0 Å². The Labute approximate surface area is 201 Å². The maximum Gasteiger partial charge on any atom is 0.372 e. The van der Waals surface area contributed by atoms with Gasteiger partial charge in [-0.2, -0.15) is 0 Å². The Morgan fingerprint density at radius 3 is 2.77 bits per heavy atom. The van der Waals surface area contributed by atoms with Crippen molar-refractivity contribution in [3.63, 3.8) is 0 Å². The maximum atomic E-state index is 13.1. The van der Waals surface area contributed by atoms with Crippen molar-refractivity contribution in [2.45, 2.75) is 45.1 Å². The summed E-state index contributed by atoms with van der Waals surface area (Å²) in [5, 5.41) is 22.2. The van der Waals surface area contributed by atoms with Gasteiger partial charge in [0.25, 0.3) is 5.56 Å². The summed E-state index contributed by atoms with van der Waals surface area (Å²) >= 11 is 0. The minimum absolute atomic E-state index is 0.106. The molecular weight excluding hydrogens is 448 g/mol. The number of hydrogen-bond donors (Lipinski definition) is 2. The molecule has 3 aromatic rings. The van der Waals surface area contributed by atoms with Crippen LogP contribution in [0.15, 0.2) is 63.3 Å². The predicted octanol–water partition coefficient (Wildman–Crippen LogP) is 4.99. The zero-order valence-electron chi connectivity index (χ0n) is 19.6. The number of ether oxygens (including phenoxy) is 2. The quantitative estimate of drug-likeness (QED) is 0.399. The average Bonchev–Trinajstić information content (AvgIpc) is 3.47. The van der Waals surface area contributed by atoms with E-state index in [0.717, 1.165) is 24.9 Å². The second kappa shape index (κ2) is 9.25. The van der Waals surface area contributed by atoms with Gasteiger partial charge in [-0.1, -0.05) is 18.2 Å². The first-order valence-electron chi connectivity index (χ1n) is 11.6. The molecular formula is C26H26N4O5. The van der Waals surface area contributed by atoms with Gasteiger partial charge in [-0.3, -0.25) is 9.89 Å². The van der Waals surface area contributed by atoms with Crippen LogP contribution in [-0.4, -0.2) is 28.0 Å². The number of phenolic OH excluding ortho intramolecular Hbond substituents is 1. The first-order chi connectivity index (χ1) is 17.0. The summed E-state index contributed by atoms with van der Waals surface area (Å²) < 4.78 is 11.8. The molecule has 0 bridgehead atoms. The van der Waals surface area contributed by atoms with E-state index in [2.05, 4.69) is 32.2 Å². The highest BCUT2D eigenvalue weighted by molar-refractivity contribution is 5.86. The average molecular weight is 475 g/mol. The number of rotatable bonds is 5. The molecule has 1 unspecified atom stereocenters. The number of phenols is 1. The number of carbonyl (C=O) groups is 1. The fourth-order valence-corrected chi connectivity index (χ4v) is 4.58. The molecule has 5 rings (SSSR count). The standard InChI is InChI=1S/C26H26N4O5/c1-15-23(25(32)30(29-15)18-11-10-16-6-3-4-7-17(16)14-18)28-27-20-9-5-8-19(24(20)31)21-12-13-22(35-21)26(33)34-2/h5,8-11,13-14,21,29,31H,3-4,6-7,12H2,1-2H3. The molecule has 180 valence electrons. The number of para-hydroxylation sites is 1. The zero-order valence-corrected chi connectivity index (χ0v) is 19.6. The highest BCUT2D eigenvalue weighted by Crippen LogP contribution is 2.41. The molecule has 1 aliphatic carbocycles. The molecule has 1 atom stereocenters. The summed E-state index contributed by atoms with van der Waals surface area (Å²) in [5.74, 6) is -0.584. The van der Waals surface area contributed by atoms with Crippen LogP contribution in [-0.2, 0) is 27.1 Å². The van der Waals surface area contributed by atoms with Crippen molar-refractivity contribution in [2.75, 3.05) is 7.11 Å². The van der Waals surface area contributed by atoms with Gasteiger partial charge in [0.15, 0.2) is 5.69 Å². The van der Waals surface area contributed by atoms with E-state index in [1.165, 1.54) is 29.3 Å². The van der Waals surface area contributed by atoms with E-state index in [-0.39, 0.29) is 28.4 Å². The van der Waals surface area contributed by atoms with E-state index in [9.17, 15) is 14.7 Å². The number of carbonyl (C=O) groups excluding carboxylic acids is 1. The lowest BCUT2D eigenvalue weighted by Crippen LogP contribution is -2.15. The Morgan fingerprint density at radius 2 is 1.97 bits per heavy atom. The summed E-state index contributed by atoms with van der Waals surface area (Å²) in [6, 6.07) is 11.1. The summed E-state index contributed by atoms with van der Waals surface area (Å²) in [5.41, 5.74) is 4.45. The molecule has 2 aromatic carbocycles. The molecule has 0 radical (unpaired) electrons. The van der Waals surface area contributed by atoms with Crippen LogP contribution >= 0.6 is 0 Å². The monoisotopic (exact) mass is 474 g/mol. The topological polar surface area (TPSA) is 118 Å². The lowest BCUT2D eigenvalue weighted by Gasteiger charge is -2.16. The molecule has 0 spiro atoms. The van der Waals surface area contributed by atoms with Gasteiger partial charge in [0.2, 0.25) is 5.76 Å². The predicted molar refractivity (Wildman–Crippen MR) is 129 cm³/mol. The zero-order chi connectivity index (χ0) is 24.5. The van der Waals surface area contributed by atoms with Gasteiger partial charge >= 0.3 is 5.97 Å². The van der Waals surface area contributed by atoms with Gasteiger partial charge in [-0.25, -0.2) is 9.48 Å². The van der Waals surface area contributed by atoms with Crippen LogP contribution in [0.1, 0.15) is 47.8 Å². The number of aryl methyl sites for hydroxylation is 3. The number of benzene rings is 2. The molecule has 2 aliphatic rings. The molecule has 1 aliphatic heterocycles. The Balaban J connectivity index is 1.40. The number of H-pyrrole nitrogens is 1. The molecule has 1 aromatic heterocycles. The fourth-order valence-electron chi connectivity index (χ4n) is 4.58. The highest BCUT2D eigenvalue weighted by Gasteiger charge is 2.28. The van der Waals surface area contributed by atoms with E-state index < -0.39 is 12.1 Å². The Morgan fingerprint density at radius 1 is 1.17 bits per heavy atom. The SMILES string of the molecule is COC(=O)C1=CCC(c2cccc(N=Nc3c(C)[nH]n(-c4ccc5c(c4)CCCC5)c3=O)c2O)O1. The molecule has 0 saturated carbocycles. The number of fused-ring (bicyclic) bond motifs is 1. The van der Waals surface area contributed by atoms with Crippen LogP contribution in [0.25, 0.3) is 5.69 Å². The van der Waals surface area contributed by atoms with Crippen LogP contribution in [0.2, 0.25) is 0 Å². The smallest absolute Gasteiger partial charge is 0.372 e. The first-order valence-corrected chi connectivity index (χ1v) is 11.6. The fraction of sp³-hybridized carbons (Fsp3) is 0.308. The summed E-state index contributed by atoms with van der Waals surface area (Å²) in [4.78, 5) is 24.8. The van der Waals surface area contributed by atoms with Crippen molar-refractivity contribution in [3.8, 4) is 11.4 Å². The van der Waals surface area contributed by atoms with E-state index in [1.54, 1.807) is 31.2 Å². The first kappa shape index (κ1) is 22.6. The number of nitrogens with zero attached hydrogens (tertiary/aromatic N) is 3. The van der Waals surface area contributed by atoms with E-state index in [1.807, 2.05) is 6.07 Å². The second-order valence-electron chi connectivity index (χ2n) is 8.70. The molecule has 9 nitrogen and oxygen atoms in total. The lowest BCUT2D eigenvalue weighted by atomic mass is 9.91. The third kappa shape index (κ3) is 4.25. The molecule has 9 heteroatoms. The van der Waals surface area contributed by atoms with Crippen LogP contribution in [0.4, 0.5) is 11.4 Å². The van der Waals surface area contributed by atoms with E-state index in [0.29, 0.717) is 17.7 Å². The van der Waals surface area contributed by atoms with E-state index in [4.69, 9.17) is 4.74 Å². The molecule has 35 heavy (non-hydrogen) atoms.